The van der Waals surface area contributed by atoms with Crippen LogP contribution in [0.25, 0.3) is 11.6 Å². The van der Waals surface area contributed by atoms with Gasteiger partial charge in [0.1, 0.15) is 17.3 Å². The van der Waals surface area contributed by atoms with Crippen molar-refractivity contribution in [3.63, 3.8) is 0 Å². The average molecular weight is 356 g/mol. The minimum atomic E-state index is -0.398. The smallest absolute Gasteiger partial charge is 0.197 e. The number of ether oxygens (including phenoxy) is 2. The van der Waals surface area contributed by atoms with E-state index < -0.39 is 6.10 Å². The van der Waals surface area contributed by atoms with E-state index in [4.69, 9.17) is 9.47 Å². The Morgan fingerprint density at radius 1 is 0.963 bits per heavy atom. The third-order valence-electron chi connectivity index (χ3n) is 5.53. The number of rotatable bonds is 1. The van der Waals surface area contributed by atoms with Crippen molar-refractivity contribution >= 4 is 17.4 Å². The number of para-hydroxylation sites is 2. The van der Waals surface area contributed by atoms with E-state index in [-0.39, 0.29) is 11.7 Å². The Morgan fingerprint density at radius 2 is 1.67 bits per heavy atom. The number of ketones is 1. The van der Waals surface area contributed by atoms with Crippen molar-refractivity contribution in [2.45, 2.75) is 26.9 Å². The van der Waals surface area contributed by atoms with E-state index in [9.17, 15) is 4.79 Å². The van der Waals surface area contributed by atoms with Gasteiger partial charge in [-0.1, -0.05) is 50.2 Å². The fourth-order valence-corrected chi connectivity index (χ4v) is 4.21. The lowest BCUT2D eigenvalue weighted by Crippen LogP contribution is -2.39. The molecule has 3 nitrogen and oxygen atoms in total. The van der Waals surface area contributed by atoms with Crippen LogP contribution < -0.4 is 9.47 Å². The molecule has 3 aliphatic rings. The summed E-state index contributed by atoms with van der Waals surface area (Å²) >= 11 is 0. The minimum Gasteiger partial charge on any atom is -0.480 e. The summed E-state index contributed by atoms with van der Waals surface area (Å²) in [6.07, 6.45) is 1.56. The monoisotopic (exact) mass is 356 g/mol. The summed E-state index contributed by atoms with van der Waals surface area (Å²) in [5, 5.41) is 0. The Hall–Kier alpha value is -3.07. The summed E-state index contributed by atoms with van der Waals surface area (Å²) < 4.78 is 12.6. The zero-order valence-electron chi connectivity index (χ0n) is 15.6. The van der Waals surface area contributed by atoms with Gasteiger partial charge in [0.25, 0.3) is 0 Å². The molecule has 2 aliphatic heterocycles. The molecule has 2 aromatic carbocycles. The van der Waals surface area contributed by atoms with Crippen LogP contribution in [0.5, 0.6) is 11.5 Å². The minimum absolute atomic E-state index is 0.000839. The first kappa shape index (κ1) is 16.1. The largest absolute Gasteiger partial charge is 0.480 e. The summed E-state index contributed by atoms with van der Waals surface area (Å²) in [6, 6.07) is 15.7. The predicted octanol–water partition coefficient (Wildman–Crippen LogP) is 5.19. The number of Topliss-reactive ketones (excluding diaryl/α,β-unsaturated/α-hetero) is 1. The quantitative estimate of drug-likeness (QED) is 0.705. The summed E-state index contributed by atoms with van der Waals surface area (Å²) in [4.78, 5) is 13.5. The van der Waals surface area contributed by atoms with Gasteiger partial charge in [-0.2, -0.15) is 0 Å². The van der Waals surface area contributed by atoms with Gasteiger partial charge in [0.2, 0.25) is 0 Å². The van der Waals surface area contributed by atoms with Crippen LogP contribution in [0.4, 0.5) is 0 Å². The second kappa shape index (κ2) is 5.71. The molecule has 2 aromatic rings. The number of fused-ring (bicyclic) bond motifs is 4. The fraction of sp³-hybridized carbons (Fsp3) is 0.208. The highest BCUT2D eigenvalue weighted by atomic mass is 16.5. The molecule has 0 amide bonds. The van der Waals surface area contributed by atoms with Crippen molar-refractivity contribution in [2.75, 3.05) is 0 Å². The van der Waals surface area contributed by atoms with E-state index >= 15 is 0 Å². The Kier molecular flexibility index (Phi) is 3.41. The molecule has 0 saturated carbocycles. The van der Waals surface area contributed by atoms with Gasteiger partial charge in [-0.15, -0.1) is 0 Å². The van der Waals surface area contributed by atoms with Crippen LogP contribution in [0.15, 0.2) is 71.0 Å². The highest BCUT2D eigenvalue weighted by Crippen LogP contribution is 2.47. The Labute approximate surface area is 158 Å². The Bertz CT molecular complexity index is 1080. The molecule has 0 radical (unpaired) electrons. The molecule has 3 heteroatoms. The molecule has 0 aromatic heterocycles. The van der Waals surface area contributed by atoms with Crippen LogP contribution in [0.1, 0.15) is 31.9 Å². The van der Waals surface area contributed by atoms with E-state index in [0.29, 0.717) is 11.3 Å². The average Bonchev–Trinajstić information content (AvgIpc) is 2.67. The van der Waals surface area contributed by atoms with Gasteiger partial charge in [0.05, 0.1) is 5.57 Å². The number of benzene rings is 2. The molecule has 0 saturated heterocycles. The van der Waals surface area contributed by atoms with Gasteiger partial charge in [0, 0.05) is 22.3 Å². The van der Waals surface area contributed by atoms with Crippen LogP contribution in [-0.4, -0.2) is 11.9 Å². The molecular weight excluding hydrogens is 336 g/mol. The Balaban J connectivity index is 1.80. The van der Waals surface area contributed by atoms with Gasteiger partial charge in [-0.3, -0.25) is 4.79 Å². The van der Waals surface area contributed by atoms with Crippen LogP contribution in [0.3, 0.4) is 0 Å². The van der Waals surface area contributed by atoms with Gasteiger partial charge in [-0.05, 0) is 36.6 Å². The van der Waals surface area contributed by atoms with Crippen LogP contribution >= 0.6 is 0 Å². The first-order valence-corrected chi connectivity index (χ1v) is 9.30. The van der Waals surface area contributed by atoms with Crippen molar-refractivity contribution in [1.82, 2.24) is 0 Å². The third-order valence-corrected chi connectivity index (χ3v) is 5.53. The van der Waals surface area contributed by atoms with Crippen molar-refractivity contribution in [1.29, 1.82) is 0 Å². The van der Waals surface area contributed by atoms with Crippen LogP contribution in [0.2, 0.25) is 0 Å². The zero-order chi connectivity index (χ0) is 18.7. The molecule has 1 aliphatic carbocycles. The van der Waals surface area contributed by atoms with Crippen molar-refractivity contribution in [3.8, 4) is 11.5 Å². The first-order chi connectivity index (χ1) is 13.1. The maximum Gasteiger partial charge on any atom is 0.197 e. The molecule has 0 N–H and O–H groups in total. The van der Waals surface area contributed by atoms with Crippen molar-refractivity contribution in [3.05, 3.63) is 82.1 Å². The van der Waals surface area contributed by atoms with Crippen LogP contribution in [-0.2, 0) is 4.79 Å². The molecule has 2 heterocycles. The van der Waals surface area contributed by atoms with Crippen molar-refractivity contribution < 1.29 is 14.3 Å². The third kappa shape index (κ3) is 2.24. The second-order valence-electron chi connectivity index (χ2n) is 7.50. The molecule has 0 spiro atoms. The summed E-state index contributed by atoms with van der Waals surface area (Å²) in [5.41, 5.74) is 5.30. The SMILES string of the molecule is CC1=C2C(=O)C3=Cc4ccccc4OC3=C(C(C)C)[C@H]2Oc2ccccc21. The summed E-state index contributed by atoms with van der Waals surface area (Å²) in [7, 11) is 0. The predicted molar refractivity (Wildman–Crippen MR) is 105 cm³/mol. The molecule has 1 atom stereocenters. The van der Waals surface area contributed by atoms with E-state index in [1.165, 1.54) is 0 Å². The molecule has 27 heavy (non-hydrogen) atoms. The normalized spacial score (nSPS) is 20.2. The molecular formula is C24H20O3. The molecule has 0 bridgehead atoms. The fourth-order valence-electron chi connectivity index (χ4n) is 4.21. The highest BCUT2D eigenvalue weighted by molar-refractivity contribution is 6.20. The highest BCUT2D eigenvalue weighted by Gasteiger charge is 2.44. The standard InChI is InChI=1S/C24H20O3/c1-13(2)20-23-17(12-15-8-4-6-10-18(15)26-23)22(25)21-14(3)16-9-5-7-11-19(16)27-24(20)21/h4-13,24H,1-3H3/t24-/m1/s1. The van der Waals surface area contributed by atoms with Gasteiger partial charge >= 0.3 is 0 Å². The zero-order valence-corrected chi connectivity index (χ0v) is 15.6. The lowest BCUT2D eigenvalue weighted by molar-refractivity contribution is -0.113. The van der Waals surface area contributed by atoms with E-state index in [2.05, 4.69) is 13.8 Å². The molecule has 5 rings (SSSR count). The lowest BCUT2D eigenvalue weighted by Gasteiger charge is -2.38. The maximum atomic E-state index is 13.5. The van der Waals surface area contributed by atoms with Gasteiger partial charge < -0.3 is 9.47 Å². The molecule has 0 fully saturated rings. The maximum absolute atomic E-state index is 13.5. The van der Waals surface area contributed by atoms with E-state index in [1.54, 1.807) is 0 Å². The number of allylic oxidation sites excluding steroid dienone is 2. The Morgan fingerprint density at radius 3 is 2.44 bits per heavy atom. The number of hydrogen-bond donors (Lipinski definition) is 0. The van der Waals surface area contributed by atoms with Gasteiger partial charge in [0.15, 0.2) is 11.9 Å². The van der Waals surface area contributed by atoms with Crippen LogP contribution in [0, 0.1) is 5.92 Å². The summed E-state index contributed by atoms with van der Waals surface area (Å²) in [6.45, 7) is 6.26. The van der Waals surface area contributed by atoms with E-state index in [0.717, 1.165) is 39.3 Å². The first-order valence-electron chi connectivity index (χ1n) is 9.30. The van der Waals surface area contributed by atoms with Crippen molar-refractivity contribution in [2.24, 2.45) is 5.92 Å². The number of carbonyl (C=O) groups is 1. The second-order valence-corrected chi connectivity index (χ2v) is 7.50. The number of hydrogen-bond acceptors (Lipinski definition) is 3. The topological polar surface area (TPSA) is 35.5 Å². The lowest BCUT2D eigenvalue weighted by atomic mass is 9.75. The van der Waals surface area contributed by atoms with E-state index in [1.807, 2.05) is 61.5 Å². The molecule has 134 valence electrons. The number of carbonyl (C=O) groups excluding carboxylic acids is 1. The van der Waals surface area contributed by atoms with Gasteiger partial charge in [-0.25, -0.2) is 0 Å². The summed E-state index contributed by atoms with van der Waals surface area (Å²) in [5.74, 6) is 2.44. The molecule has 0 unspecified atom stereocenters.